The topological polar surface area (TPSA) is 74.3 Å². The standard InChI is InChI=1S/C19H22ClN5O3/c1-12-10-24(14-6-4-5-13(20)9-14)18-21-16-15(25(18)11-12)17(26)23(7-8-28-3)19(27)22(16)2/h4-6,9,12H,7-8,10-11H2,1-3H3. The van der Waals surface area contributed by atoms with Crippen molar-refractivity contribution in [3.8, 4) is 0 Å². The molecule has 4 rings (SSSR count). The van der Waals surface area contributed by atoms with Crippen molar-refractivity contribution in [1.82, 2.24) is 18.7 Å². The molecule has 3 heterocycles. The fourth-order valence-corrected chi connectivity index (χ4v) is 3.93. The van der Waals surface area contributed by atoms with E-state index < -0.39 is 5.69 Å². The maximum atomic E-state index is 13.1. The molecule has 0 saturated carbocycles. The molecule has 0 fully saturated rings. The Hall–Kier alpha value is -2.58. The first-order valence-corrected chi connectivity index (χ1v) is 9.52. The number of benzene rings is 1. The highest BCUT2D eigenvalue weighted by Crippen LogP contribution is 2.33. The highest BCUT2D eigenvalue weighted by molar-refractivity contribution is 6.30. The molecule has 0 N–H and O–H groups in total. The van der Waals surface area contributed by atoms with Gasteiger partial charge in [-0.3, -0.25) is 13.9 Å². The number of hydrogen-bond acceptors (Lipinski definition) is 5. The normalized spacial score (nSPS) is 16.6. The van der Waals surface area contributed by atoms with Crippen LogP contribution >= 0.6 is 11.6 Å². The Kier molecular flexibility index (Phi) is 4.76. The summed E-state index contributed by atoms with van der Waals surface area (Å²) in [5, 5.41) is 0.632. The van der Waals surface area contributed by atoms with Crippen LogP contribution in [0.25, 0.3) is 11.2 Å². The summed E-state index contributed by atoms with van der Waals surface area (Å²) >= 11 is 6.18. The minimum atomic E-state index is -0.396. The van der Waals surface area contributed by atoms with Gasteiger partial charge in [0.2, 0.25) is 5.95 Å². The third-order valence-electron chi connectivity index (χ3n) is 5.08. The molecule has 0 radical (unpaired) electrons. The van der Waals surface area contributed by atoms with Gasteiger partial charge in [0, 0.05) is 38.0 Å². The van der Waals surface area contributed by atoms with E-state index in [0.717, 1.165) is 12.2 Å². The molecule has 1 aliphatic heterocycles. The Bertz CT molecular complexity index is 1160. The second kappa shape index (κ2) is 7.10. The average molecular weight is 404 g/mol. The number of methoxy groups -OCH3 is 1. The zero-order valence-corrected chi connectivity index (χ0v) is 16.8. The van der Waals surface area contributed by atoms with Gasteiger partial charge < -0.3 is 14.2 Å². The van der Waals surface area contributed by atoms with Gasteiger partial charge in [-0.05, 0) is 24.1 Å². The smallest absolute Gasteiger partial charge is 0.332 e. The first-order valence-electron chi connectivity index (χ1n) is 9.14. The van der Waals surface area contributed by atoms with Crippen molar-refractivity contribution in [2.24, 2.45) is 13.0 Å². The van der Waals surface area contributed by atoms with Crippen molar-refractivity contribution >= 4 is 34.4 Å². The number of nitrogens with zero attached hydrogens (tertiary/aromatic N) is 5. The molecule has 0 aliphatic carbocycles. The predicted molar refractivity (Wildman–Crippen MR) is 109 cm³/mol. The number of halogens is 1. The SMILES string of the molecule is COCCn1c(=O)c2c(nc3n2CC(C)CN3c2cccc(Cl)c2)n(C)c1=O. The number of imidazole rings is 1. The van der Waals surface area contributed by atoms with Crippen molar-refractivity contribution in [1.29, 1.82) is 0 Å². The third kappa shape index (κ3) is 2.93. The second-order valence-electron chi connectivity index (χ2n) is 7.18. The number of hydrogen-bond donors (Lipinski definition) is 0. The first-order chi connectivity index (χ1) is 13.4. The van der Waals surface area contributed by atoms with Crippen LogP contribution in [0.15, 0.2) is 33.9 Å². The lowest BCUT2D eigenvalue weighted by Crippen LogP contribution is -2.41. The van der Waals surface area contributed by atoms with Gasteiger partial charge in [0.1, 0.15) is 0 Å². The minimum Gasteiger partial charge on any atom is -0.383 e. The second-order valence-corrected chi connectivity index (χ2v) is 7.62. The van der Waals surface area contributed by atoms with Gasteiger partial charge in [-0.1, -0.05) is 24.6 Å². The van der Waals surface area contributed by atoms with Crippen LogP contribution in [0.1, 0.15) is 6.92 Å². The summed E-state index contributed by atoms with van der Waals surface area (Å²) in [6, 6.07) is 7.54. The van der Waals surface area contributed by atoms with E-state index >= 15 is 0 Å². The Labute approximate surface area is 166 Å². The van der Waals surface area contributed by atoms with Gasteiger partial charge in [-0.25, -0.2) is 4.79 Å². The van der Waals surface area contributed by atoms with Gasteiger partial charge in [0.25, 0.3) is 5.56 Å². The maximum absolute atomic E-state index is 13.1. The summed E-state index contributed by atoms with van der Waals surface area (Å²) in [7, 11) is 3.18. The number of rotatable bonds is 4. The first kappa shape index (κ1) is 18.8. The molecular formula is C19H22ClN5O3. The summed E-state index contributed by atoms with van der Waals surface area (Å²) < 4.78 is 9.61. The van der Waals surface area contributed by atoms with Crippen LogP contribution in [0.5, 0.6) is 0 Å². The molecule has 0 bridgehead atoms. The largest absolute Gasteiger partial charge is 0.383 e. The van der Waals surface area contributed by atoms with Gasteiger partial charge in [-0.15, -0.1) is 0 Å². The molecule has 0 amide bonds. The van der Waals surface area contributed by atoms with Crippen LogP contribution in [-0.2, 0) is 24.9 Å². The molecule has 3 aromatic rings. The van der Waals surface area contributed by atoms with Gasteiger partial charge in [-0.2, -0.15) is 4.98 Å². The van der Waals surface area contributed by atoms with Crippen molar-refractivity contribution in [2.45, 2.75) is 20.0 Å². The fraction of sp³-hybridized carbons (Fsp3) is 0.421. The Morgan fingerprint density at radius 1 is 1.29 bits per heavy atom. The van der Waals surface area contributed by atoms with Crippen LogP contribution in [0.4, 0.5) is 11.6 Å². The van der Waals surface area contributed by atoms with Gasteiger partial charge >= 0.3 is 5.69 Å². The Balaban J connectivity index is 1.98. The lowest BCUT2D eigenvalue weighted by atomic mass is 10.1. The molecule has 0 spiro atoms. The summed E-state index contributed by atoms with van der Waals surface area (Å²) in [6.07, 6.45) is 0. The summed E-state index contributed by atoms with van der Waals surface area (Å²) in [5.74, 6) is 0.930. The summed E-state index contributed by atoms with van der Waals surface area (Å²) in [5.41, 5.74) is 0.994. The monoisotopic (exact) mass is 403 g/mol. The Morgan fingerprint density at radius 2 is 2.07 bits per heavy atom. The van der Waals surface area contributed by atoms with Crippen molar-refractivity contribution < 1.29 is 4.74 Å². The molecule has 9 heteroatoms. The molecule has 1 aromatic carbocycles. The van der Waals surface area contributed by atoms with E-state index in [4.69, 9.17) is 16.3 Å². The van der Waals surface area contributed by atoms with Crippen LogP contribution < -0.4 is 16.1 Å². The highest BCUT2D eigenvalue weighted by atomic mass is 35.5. The van der Waals surface area contributed by atoms with Crippen LogP contribution in [-0.4, -0.2) is 38.9 Å². The Morgan fingerprint density at radius 3 is 2.79 bits per heavy atom. The van der Waals surface area contributed by atoms with Crippen molar-refractivity contribution in [3.63, 3.8) is 0 Å². The average Bonchev–Trinajstić information content (AvgIpc) is 3.05. The molecular weight excluding hydrogens is 382 g/mol. The third-order valence-corrected chi connectivity index (χ3v) is 5.32. The number of aromatic nitrogens is 4. The minimum absolute atomic E-state index is 0.200. The molecule has 148 valence electrons. The van der Waals surface area contributed by atoms with E-state index in [1.165, 1.54) is 9.13 Å². The molecule has 28 heavy (non-hydrogen) atoms. The number of anilines is 2. The summed E-state index contributed by atoms with van der Waals surface area (Å²) in [6.45, 7) is 4.01. The van der Waals surface area contributed by atoms with E-state index in [-0.39, 0.29) is 24.6 Å². The maximum Gasteiger partial charge on any atom is 0.332 e. The molecule has 1 unspecified atom stereocenters. The van der Waals surface area contributed by atoms with E-state index in [9.17, 15) is 9.59 Å². The quantitative estimate of drug-likeness (QED) is 0.666. The lowest BCUT2D eigenvalue weighted by molar-refractivity contribution is 0.184. The molecule has 2 aromatic heterocycles. The number of aryl methyl sites for hydroxylation is 1. The highest BCUT2D eigenvalue weighted by Gasteiger charge is 2.29. The van der Waals surface area contributed by atoms with Gasteiger partial charge in [0.15, 0.2) is 11.2 Å². The van der Waals surface area contributed by atoms with Crippen LogP contribution in [0, 0.1) is 5.92 Å². The van der Waals surface area contributed by atoms with Crippen LogP contribution in [0.2, 0.25) is 5.02 Å². The molecule has 1 aliphatic rings. The number of fused-ring (bicyclic) bond motifs is 3. The van der Waals surface area contributed by atoms with E-state index in [1.54, 1.807) is 14.2 Å². The van der Waals surface area contributed by atoms with E-state index in [2.05, 4.69) is 11.9 Å². The lowest BCUT2D eigenvalue weighted by Gasteiger charge is -2.33. The number of ether oxygens (including phenoxy) is 1. The van der Waals surface area contributed by atoms with Crippen molar-refractivity contribution in [2.75, 3.05) is 25.2 Å². The molecule has 0 saturated heterocycles. The summed E-state index contributed by atoms with van der Waals surface area (Å²) in [4.78, 5) is 32.5. The van der Waals surface area contributed by atoms with Crippen LogP contribution in [0.3, 0.4) is 0 Å². The fourth-order valence-electron chi connectivity index (χ4n) is 3.75. The zero-order valence-electron chi connectivity index (χ0n) is 16.1. The predicted octanol–water partition coefficient (Wildman–Crippen LogP) is 1.98. The zero-order chi connectivity index (χ0) is 20.0. The molecule has 1 atom stereocenters. The van der Waals surface area contributed by atoms with E-state index in [0.29, 0.717) is 28.7 Å². The van der Waals surface area contributed by atoms with E-state index in [1.807, 2.05) is 33.7 Å². The van der Waals surface area contributed by atoms with Gasteiger partial charge in [0.05, 0.1) is 13.2 Å². The molecule has 8 nitrogen and oxygen atoms in total. The van der Waals surface area contributed by atoms with Crippen molar-refractivity contribution in [3.05, 3.63) is 50.1 Å².